The smallest absolute Gasteiger partial charge is 0.228 e. The lowest BCUT2D eigenvalue weighted by Gasteiger charge is -2.15. The maximum atomic E-state index is 11.4. The van der Waals surface area contributed by atoms with Gasteiger partial charge in [0.1, 0.15) is 0 Å². The lowest BCUT2D eigenvalue weighted by Crippen LogP contribution is -2.03. The zero-order chi connectivity index (χ0) is 15.1. The Morgan fingerprint density at radius 1 is 1.00 bits per heavy atom. The zero-order valence-electron chi connectivity index (χ0n) is 10.6. The van der Waals surface area contributed by atoms with Crippen LogP contribution in [0.4, 0.5) is 5.69 Å². The molecule has 1 aliphatic rings. The maximum Gasteiger partial charge on any atom is 0.228 e. The highest BCUT2D eigenvalue weighted by Gasteiger charge is 2.23. The molecule has 2 aromatic carbocycles. The summed E-state index contributed by atoms with van der Waals surface area (Å²) in [6, 6.07) is 8.70. The van der Waals surface area contributed by atoms with Crippen LogP contribution in [0.25, 0.3) is 0 Å². The van der Waals surface area contributed by atoms with Gasteiger partial charge in [-0.3, -0.25) is 4.79 Å². The lowest BCUT2D eigenvalue weighted by atomic mass is 10.0. The summed E-state index contributed by atoms with van der Waals surface area (Å²) in [7, 11) is 0. The standard InChI is InChI=1S/C15H9Cl4NO/c16-8-1-2-9(11(17)5-8)15(19)10-3-7-4-14(21)20-13(7)6-12(10)18/h1-3,5-6,15H,4H2,(H,20,21). The normalized spacial score (nSPS) is 14.8. The van der Waals surface area contributed by atoms with E-state index in [9.17, 15) is 4.79 Å². The number of nitrogens with one attached hydrogen (secondary N) is 1. The van der Waals surface area contributed by atoms with Crippen molar-refractivity contribution in [1.82, 2.24) is 0 Å². The van der Waals surface area contributed by atoms with Gasteiger partial charge in [0.2, 0.25) is 5.91 Å². The predicted molar refractivity (Wildman–Crippen MR) is 87.9 cm³/mol. The van der Waals surface area contributed by atoms with Crippen molar-refractivity contribution in [2.24, 2.45) is 0 Å². The molecule has 0 aliphatic carbocycles. The lowest BCUT2D eigenvalue weighted by molar-refractivity contribution is -0.115. The molecule has 1 unspecified atom stereocenters. The van der Waals surface area contributed by atoms with Gasteiger partial charge in [0.05, 0.1) is 11.8 Å². The van der Waals surface area contributed by atoms with Gasteiger partial charge in [0.15, 0.2) is 0 Å². The molecule has 0 spiro atoms. The fourth-order valence-corrected chi connectivity index (χ4v) is 3.61. The Morgan fingerprint density at radius 3 is 2.43 bits per heavy atom. The summed E-state index contributed by atoms with van der Waals surface area (Å²) < 4.78 is 0. The predicted octanol–water partition coefficient (Wildman–Crippen LogP) is 5.47. The van der Waals surface area contributed by atoms with Crippen LogP contribution in [0.3, 0.4) is 0 Å². The van der Waals surface area contributed by atoms with Crippen LogP contribution < -0.4 is 5.32 Å². The van der Waals surface area contributed by atoms with Crippen molar-refractivity contribution >= 4 is 58.0 Å². The number of halogens is 4. The van der Waals surface area contributed by atoms with Crippen molar-refractivity contribution in [2.45, 2.75) is 11.8 Å². The summed E-state index contributed by atoms with van der Waals surface area (Å²) in [6.07, 6.45) is 0.331. The van der Waals surface area contributed by atoms with E-state index in [0.717, 1.165) is 22.4 Å². The number of carbonyl (C=O) groups is 1. The number of fused-ring (bicyclic) bond motifs is 1. The van der Waals surface area contributed by atoms with Crippen molar-refractivity contribution < 1.29 is 4.79 Å². The van der Waals surface area contributed by atoms with Crippen LogP contribution >= 0.6 is 46.4 Å². The Morgan fingerprint density at radius 2 is 1.71 bits per heavy atom. The third-order valence-electron chi connectivity index (χ3n) is 3.36. The minimum atomic E-state index is -0.511. The molecule has 0 fully saturated rings. The van der Waals surface area contributed by atoms with Gasteiger partial charge in [-0.25, -0.2) is 0 Å². The van der Waals surface area contributed by atoms with E-state index in [1.54, 1.807) is 24.3 Å². The molecular formula is C15H9Cl4NO. The van der Waals surface area contributed by atoms with E-state index < -0.39 is 5.38 Å². The molecule has 21 heavy (non-hydrogen) atoms. The quantitative estimate of drug-likeness (QED) is 0.707. The minimum Gasteiger partial charge on any atom is -0.325 e. The second-order valence-corrected chi connectivity index (χ2v) is 6.47. The molecule has 0 radical (unpaired) electrons. The third-order valence-corrected chi connectivity index (χ3v) is 4.72. The highest BCUT2D eigenvalue weighted by atomic mass is 35.5. The van der Waals surface area contributed by atoms with E-state index in [-0.39, 0.29) is 5.91 Å². The van der Waals surface area contributed by atoms with Crippen molar-refractivity contribution in [3.8, 4) is 0 Å². The minimum absolute atomic E-state index is 0.0473. The van der Waals surface area contributed by atoms with Gasteiger partial charge in [-0.2, -0.15) is 0 Å². The number of benzene rings is 2. The van der Waals surface area contributed by atoms with Crippen LogP contribution in [0.2, 0.25) is 15.1 Å². The van der Waals surface area contributed by atoms with Gasteiger partial charge in [0.25, 0.3) is 0 Å². The highest BCUT2D eigenvalue weighted by Crippen LogP contribution is 2.40. The summed E-state index contributed by atoms with van der Waals surface area (Å²) in [4.78, 5) is 11.4. The van der Waals surface area contributed by atoms with E-state index in [1.165, 1.54) is 0 Å². The van der Waals surface area contributed by atoms with Crippen molar-refractivity contribution in [3.05, 3.63) is 62.1 Å². The average molecular weight is 361 g/mol. The number of alkyl halides is 1. The van der Waals surface area contributed by atoms with Crippen molar-refractivity contribution in [3.63, 3.8) is 0 Å². The number of amides is 1. The van der Waals surface area contributed by atoms with Crippen LogP contribution in [0.15, 0.2) is 30.3 Å². The molecule has 108 valence electrons. The number of rotatable bonds is 2. The first-order chi connectivity index (χ1) is 9.95. The average Bonchev–Trinajstić information content (AvgIpc) is 2.76. The van der Waals surface area contributed by atoms with Crippen LogP contribution in [-0.4, -0.2) is 5.91 Å². The topological polar surface area (TPSA) is 29.1 Å². The molecule has 0 aromatic heterocycles. The molecule has 2 nitrogen and oxygen atoms in total. The molecular weight excluding hydrogens is 352 g/mol. The molecule has 6 heteroatoms. The molecule has 0 saturated carbocycles. The van der Waals surface area contributed by atoms with Crippen LogP contribution in [-0.2, 0) is 11.2 Å². The molecule has 0 bridgehead atoms. The van der Waals surface area contributed by atoms with Crippen LogP contribution in [0.1, 0.15) is 22.1 Å². The molecule has 1 amide bonds. The Kier molecular flexibility index (Phi) is 4.06. The highest BCUT2D eigenvalue weighted by molar-refractivity contribution is 6.37. The monoisotopic (exact) mass is 359 g/mol. The first kappa shape index (κ1) is 15.0. The number of carbonyl (C=O) groups excluding carboxylic acids is 1. The van der Waals surface area contributed by atoms with Gasteiger partial charge in [-0.1, -0.05) is 40.9 Å². The van der Waals surface area contributed by atoms with Crippen LogP contribution in [0.5, 0.6) is 0 Å². The van der Waals surface area contributed by atoms with Crippen LogP contribution in [0, 0.1) is 0 Å². The van der Waals surface area contributed by atoms with E-state index >= 15 is 0 Å². The fraction of sp³-hybridized carbons (Fsp3) is 0.133. The summed E-state index contributed by atoms with van der Waals surface area (Å²) >= 11 is 24.9. The molecule has 2 aromatic rings. The summed E-state index contributed by atoms with van der Waals surface area (Å²) in [6.45, 7) is 0. The number of anilines is 1. The molecule has 3 rings (SSSR count). The fourth-order valence-electron chi connectivity index (χ4n) is 2.34. The van der Waals surface area contributed by atoms with Gasteiger partial charge in [0, 0.05) is 20.8 Å². The van der Waals surface area contributed by atoms with E-state index in [4.69, 9.17) is 46.4 Å². The Balaban J connectivity index is 2.04. The molecule has 0 saturated heterocycles. The number of hydrogen-bond acceptors (Lipinski definition) is 1. The van der Waals surface area contributed by atoms with E-state index in [2.05, 4.69) is 5.32 Å². The van der Waals surface area contributed by atoms with Gasteiger partial charge >= 0.3 is 0 Å². The first-order valence-corrected chi connectivity index (χ1v) is 7.74. The van der Waals surface area contributed by atoms with Gasteiger partial charge in [-0.15, -0.1) is 11.6 Å². The largest absolute Gasteiger partial charge is 0.325 e. The molecule has 1 heterocycles. The zero-order valence-corrected chi connectivity index (χ0v) is 13.6. The van der Waals surface area contributed by atoms with Gasteiger partial charge < -0.3 is 5.32 Å². The molecule has 1 atom stereocenters. The Bertz CT molecular complexity index is 745. The van der Waals surface area contributed by atoms with E-state index in [1.807, 2.05) is 6.07 Å². The maximum absolute atomic E-state index is 11.4. The Labute approximate surface area is 142 Å². The second kappa shape index (κ2) is 5.69. The van der Waals surface area contributed by atoms with Crippen molar-refractivity contribution in [2.75, 3.05) is 5.32 Å². The third kappa shape index (κ3) is 2.86. The summed E-state index contributed by atoms with van der Waals surface area (Å²) in [5.41, 5.74) is 3.06. The summed E-state index contributed by atoms with van der Waals surface area (Å²) in [5, 5.41) is 3.75. The second-order valence-electron chi connectivity index (χ2n) is 4.78. The van der Waals surface area contributed by atoms with E-state index in [0.29, 0.717) is 21.5 Å². The molecule has 1 N–H and O–H groups in total. The van der Waals surface area contributed by atoms with Crippen molar-refractivity contribution in [1.29, 1.82) is 0 Å². The SMILES string of the molecule is O=C1Cc2cc(C(Cl)c3ccc(Cl)cc3Cl)c(Cl)cc2N1. The number of hydrogen-bond donors (Lipinski definition) is 1. The first-order valence-electron chi connectivity index (χ1n) is 6.17. The molecule has 1 aliphatic heterocycles. The summed E-state index contributed by atoms with van der Waals surface area (Å²) in [5.74, 6) is -0.0473. The Hall–Kier alpha value is -0.930. The van der Waals surface area contributed by atoms with Gasteiger partial charge in [-0.05, 0) is 41.0 Å².